The van der Waals surface area contributed by atoms with Crippen LogP contribution >= 0.6 is 0 Å². The van der Waals surface area contributed by atoms with Crippen LogP contribution in [0.3, 0.4) is 0 Å². The molecular formula is C21H16F3N5O2. The second-order valence-corrected chi connectivity index (χ2v) is 6.35. The number of nitrogens with one attached hydrogen (secondary N) is 1. The summed E-state index contributed by atoms with van der Waals surface area (Å²) >= 11 is 0. The van der Waals surface area contributed by atoms with Gasteiger partial charge in [-0.15, -0.1) is 4.98 Å². The van der Waals surface area contributed by atoms with E-state index in [2.05, 4.69) is 25.3 Å². The smallest absolute Gasteiger partial charge is 0.416 e. The van der Waals surface area contributed by atoms with Crippen LogP contribution < -0.4 is 14.8 Å². The second-order valence-electron chi connectivity index (χ2n) is 6.35. The van der Waals surface area contributed by atoms with Crippen LogP contribution in [0.25, 0.3) is 10.8 Å². The SMILES string of the molecule is CCOc1nc(Nc2cccc(C(F)(F)F)c2)nc(Oc2ccc3cnccc3c2)n1. The number of hydrogen-bond donors (Lipinski definition) is 1. The highest BCUT2D eigenvalue weighted by molar-refractivity contribution is 5.82. The molecular weight excluding hydrogens is 411 g/mol. The van der Waals surface area contributed by atoms with Crippen molar-refractivity contribution in [2.24, 2.45) is 0 Å². The molecule has 0 amide bonds. The minimum Gasteiger partial charge on any atom is -0.464 e. The number of anilines is 2. The molecule has 2 aromatic heterocycles. The van der Waals surface area contributed by atoms with Crippen LogP contribution in [0.1, 0.15) is 12.5 Å². The molecule has 0 unspecified atom stereocenters. The number of halogens is 3. The van der Waals surface area contributed by atoms with Gasteiger partial charge >= 0.3 is 18.2 Å². The van der Waals surface area contributed by atoms with Gasteiger partial charge in [0.1, 0.15) is 5.75 Å². The zero-order chi connectivity index (χ0) is 21.8. The predicted octanol–water partition coefficient (Wildman–Crippen LogP) is 5.37. The standard InChI is InChI=1S/C21H16F3N5O2/c1-2-30-19-27-18(26-16-5-3-4-15(11-16)21(22,23)24)28-20(29-19)31-17-7-6-14-12-25-9-8-13(14)10-17/h3-12H,2H2,1H3,(H,26,27,28,29). The van der Waals surface area contributed by atoms with Gasteiger partial charge in [0.05, 0.1) is 12.2 Å². The Hall–Kier alpha value is -3.95. The molecule has 0 spiro atoms. The quantitative estimate of drug-likeness (QED) is 0.443. The van der Waals surface area contributed by atoms with Crippen LogP contribution in [0, 0.1) is 0 Å². The van der Waals surface area contributed by atoms with Gasteiger partial charge in [0.25, 0.3) is 0 Å². The number of benzene rings is 2. The molecule has 31 heavy (non-hydrogen) atoms. The number of nitrogens with zero attached hydrogens (tertiary/aromatic N) is 4. The van der Waals surface area contributed by atoms with E-state index in [-0.39, 0.29) is 30.3 Å². The maximum absolute atomic E-state index is 13.0. The van der Waals surface area contributed by atoms with Gasteiger partial charge in [-0.05, 0) is 54.8 Å². The minimum atomic E-state index is -4.47. The van der Waals surface area contributed by atoms with Crippen molar-refractivity contribution in [3.8, 4) is 17.8 Å². The summed E-state index contributed by atoms with van der Waals surface area (Å²) in [5.41, 5.74) is -0.633. The number of hydrogen-bond acceptors (Lipinski definition) is 7. The van der Waals surface area contributed by atoms with E-state index in [1.54, 1.807) is 31.5 Å². The molecule has 0 atom stereocenters. The summed E-state index contributed by atoms with van der Waals surface area (Å²) in [6.07, 6.45) is -1.07. The highest BCUT2D eigenvalue weighted by atomic mass is 19.4. The largest absolute Gasteiger partial charge is 0.464 e. The molecule has 2 heterocycles. The lowest BCUT2D eigenvalue weighted by molar-refractivity contribution is -0.137. The van der Waals surface area contributed by atoms with Crippen LogP contribution in [0.15, 0.2) is 60.9 Å². The molecule has 2 aromatic carbocycles. The summed E-state index contributed by atoms with van der Waals surface area (Å²) in [6, 6.07) is 11.8. The average Bonchev–Trinajstić information content (AvgIpc) is 2.73. The molecule has 1 N–H and O–H groups in total. The Labute approximate surface area is 174 Å². The van der Waals surface area contributed by atoms with Crippen LogP contribution in [0.4, 0.5) is 24.8 Å². The fourth-order valence-electron chi connectivity index (χ4n) is 2.77. The Bertz CT molecular complexity index is 1220. The molecule has 158 valence electrons. The second kappa shape index (κ2) is 8.42. The van der Waals surface area contributed by atoms with Crippen molar-refractivity contribution in [1.29, 1.82) is 0 Å². The van der Waals surface area contributed by atoms with Gasteiger partial charge in [-0.25, -0.2) is 0 Å². The molecule has 0 aliphatic rings. The molecule has 0 aliphatic carbocycles. The van der Waals surface area contributed by atoms with E-state index in [1.807, 2.05) is 12.1 Å². The summed E-state index contributed by atoms with van der Waals surface area (Å²) < 4.78 is 50.0. The maximum Gasteiger partial charge on any atom is 0.416 e. The topological polar surface area (TPSA) is 82.0 Å². The average molecular weight is 427 g/mol. The van der Waals surface area contributed by atoms with E-state index in [9.17, 15) is 13.2 Å². The van der Waals surface area contributed by atoms with E-state index in [4.69, 9.17) is 9.47 Å². The molecule has 0 bridgehead atoms. The van der Waals surface area contributed by atoms with E-state index in [0.29, 0.717) is 5.75 Å². The Balaban J connectivity index is 1.63. The van der Waals surface area contributed by atoms with E-state index < -0.39 is 11.7 Å². The summed E-state index contributed by atoms with van der Waals surface area (Å²) in [5, 5.41) is 4.59. The fourth-order valence-corrected chi connectivity index (χ4v) is 2.77. The Morgan fingerprint density at radius 2 is 1.77 bits per heavy atom. The first kappa shape index (κ1) is 20.3. The number of alkyl halides is 3. The fraction of sp³-hybridized carbons (Fsp3) is 0.143. The lowest BCUT2D eigenvalue weighted by Gasteiger charge is -2.11. The van der Waals surface area contributed by atoms with Crippen molar-refractivity contribution in [1.82, 2.24) is 19.9 Å². The third-order valence-corrected chi connectivity index (χ3v) is 4.14. The lowest BCUT2D eigenvalue weighted by atomic mass is 10.2. The predicted molar refractivity (Wildman–Crippen MR) is 108 cm³/mol. The molecule has 4 rings (SSSR count). The highest BCUT2D eigenvalue weighted by Gasteiger charge is 2.30. The molecule has 4 aromatic rings. The van der Waals surface area contributed by atoms with E-state index in [1.165, 1.54) is 12.1 Å². The zero-order valence-corrected chi connectivity index (χ0v) is 16.2. The van der Waals surface area contributed by atoms with Gasteiger partial charge in [-0.1, -0.05) is 6.07 Å². The molecule has 0 saturated heterocycles. The van der Waals surface area contributed by atoms with Gasteiger partial charge in [0.15, 0.2) is 0 Å². The van der Waals surface area contributed by atoms with Gasteiger partial charge in [-0.2, -0.15) is 23.1 Å². The first-order chi connectivity index (χ1) is 14.9. The summed E-state index contributed by atoms with van der Waals surface area (Å²) in [6.45, 7) is 2.04. The molecule has 0 fully saturated rings. The maximum atomic E-state index is 13.0. The number of pyridine rings is 1. The van der Waals surface area contributed by atoms with Gasteiger partial charge in [-0.3, -0.25) is 4.98 Å². The number of rotatable bonds is 6. The monoisotopic (exact) mass is 427 g/mol. The normalized spacial score (nSPS) is 11.4. The van der Waals surface area contributed by atoms with Gasteiger partial charge in [0.2, 0.25) is 5.95 Å². The Kier molecular flexibility index (Phi) is 5.52. The summed E-state index contributed by atoms with van der Waals surface area (Å²) in [4.78, 5) is 16.4. The van der Waals surface area contributed by atoms with Crippen LogP contribution in [0.2, 0.25) is 0 Å². The molecule has 0 saturated carbocycles. The van der Waals surface area contributed by atoms with Crippen molar-refractivity contribution in [2.45, 2.75) is 13.1 Å². The summed E-state index contributed by atoms with van der Waals surface area (Å²) in [7, 11) is 0. The first-order valence-electron chi connectivity index (χ1n) is 9.25. The van der Waals surface area contributed by atoms with E-state index in [0.717, 1.165) is 22.9 Å². The van der Waals surface area contributed by atoms with Crippen molar-refractivity contribution >= 4 is 22.4 Å². The van der Waals surface area contributed by atoms with Crippen molar-refractivity contribution in [3.05, 3.63) is 66.5 Å². The van der Waals surface area contributed by atoms with E-state index >= 15 is 0 Å². The van der Waals surface area contributed by atoms with Crippen LogP contribution in [-0.2, 0) is 6.18 Å². The van der Waals surface area contributed by atoms with Crippen molar-refractivity contribution in [3.63, 3.8) is 0 Å². The summed E-state index contributed by atoms with van der Waals surface area (Å²) in [5.74, 6) is 0.454. The molecule has 0 aliphatic heterocycles. The minimum absolute atomic E-state index is 0.0160. The van der Waals surface area contributed by atoms with Crippen molar-refractivity contribution < 1.29 is 22.6 Å². The van der Waals surface area contributed by atoms with Crippen LogP contribution in [0.5, 0.6) is 17.8 Å². The third-order valence-electron chi connectivity index (χ3n) is 4.14. The Morgan fingerprint density at radius 1 is 0.935 bits per heavy atom. The lowest BCUT2D eigenvalue weighted by Crippen LogP contribution is -2.07. The first-order valence-corrected chi connectivity index (χ1v) is 9.25. The van der Waals surface area contributed by atoms with Gasteiger partial charge in [0, 0.05) is 23.5 Å². The molecule has 0 radical (unpaired) electrons. The number of ether oxygens (including phenoxy) is 2. The molecule has 7 nitrogen and oxygen atoms in total. The van der Waals surface area contributed by atoms with Gasteiger partial charge < -0.3 is 14.8 Å². The zero-order valence-electron chi connectivity index (χ0n) is 16.2. The molecule has 10 heteroatoms. The highest BCUT2D eigenvalue weighted by Crippen LogP contribution is 2.31. The Morgan fingerprint density at radius 3 is 2.58 bits per heavy atom. The van der Waals surface area contributed by atoms with Crippen molar-refractivity contribution in [2.75, 3.05) is 11.9 Å². The third kappa shape index (κ3) is 4.97. The number of aromatic nitrogens is 4. The number of fused-ring (bicyclic) bond motifs is 1. The van der Waals surface area contributed by atoms with Crippen LogP contribution in [-0.4, -0.2) is 26.5 Å².